The zero-order valence-electron chi connectivity index (χ0n) is 12.0. The Kier molecular flexibility index (Phi) is 3.33. The van der Waals surface area contributed by atoms with Gasteiger partial charge in [-0.25, -0.2) is 8.42 Å². The Labute approximate surface area is 137 Å². The number of halogens is 1. The molecule has 0 unspecified atom stereocenters. The summed E-state index contributed by atoms with van der Waals surface area (Å²) in [4.78, 5) is 3.12. The van der Waals surface area contributed by atoms with Crippen LogP contribution < -0.4 is 10.0 Å². The molecule has 0 radical (unpaired) electrons. The van der Waals surface area contributed by atoms with Crippen molar-refractivity contribution in [1.82, 2.24) is 20.1 Å². The molecule has 3 N–H and O–H groups in total. The van der Waals surface area contributed by atoms with Crippen molar-refractivity contribution in [3.05, 3.63) is 41.8 Å². The quantitative estimate of drug-likeness (QED) is 0.670. The number of nitrogens with one attached hydrogen (secondary N) is 3. The van der Waals surface area contributed by atoms with E-state index in [2.05, 4.69) is 20.1 Å². The minimum Gasteiger partial charge on any atom is -0.358 e. The normalized spacial score (nSPS) is 15.7. The van der Waals surface area contributed by atoms with E-state index in [-0.39, 0.29) is 10.9 Å². The molecule has 3 heterocycles. The number of H-pyrrole nitrogens is 1. The van der Waals surface area contributed by atoms with Gasteiger partial charge < -0.3 is 10.3 Å². The average Bonchev–Trinajstić information content (AvgIpc) is 3.06. The zero-order chi connectivity index (χ0) is 16.0. The summed E-state index contributed by atoms with van der Waals surface area (Å²) in [7, 11) is -3.71. The molecule has 1 aliphatic heterocycles. The Hall–Kier alpha value is -2.03. The highest BCUT2D eigenvalue weighted by molar-refractivity contribution is 7.92. The molecule has 1 aromatic carbocycles. The van der Waals surface area contributed by atoms with E-state index in [9.17, 15) is 8.42 Å². The van der Waals surface area contributed by atoms with Crippen LogP contribution in [-0.4, -0.2) is 36.3 Å². The van der Waals surface area contributed by atoms with Crippen LogP contribution in [0.4, 0.5) is 5.69 Å². The molecule has 0 amide bonds. The van der Waals surface area contributed by atoms with E-state index < -0.39 is 10.0 Å². The van der Waals surface area contributed by atoms with Crippen LogP contribution in [0, 0.1) is 0 Å². The Bertz CT molecular complexity index is 974. The van der Waals surface area contributed by atoms with Crippen LogP contribution in [0.5, 0.6) is 0 Å². The summed E-state index contributed by atoms with van der Waals surface area (Å²) in [5.41, 5.74) is 1.10. The van der Waals surface area contributed by atoms with Crippen molar-refractivity contribution in [3.8, 4) is 0 Å². The molecule has 0 saturated carbocycles. The van der Waals surface area contributed by atoms with Crippen LogP contribution in [-0.2, 0) is 10.0 Å². The number of hydrogen-bond acceptors (Lipinski definition) is 4. The Morgan fingerprint density at radius 1 is 1.35 bits per heavy atom. The summed E-state index contributed by atoms with van der Waals surface area (Å²) < 4.78 is 29.4. The standard InChI is InChI=1S/C14H14ClN5O2S/c15-12-7-17-14-11(12)2-1-3-13(14)19-23(21,22)10-6-18-20(8-10)9-4-16-5-9/h1-3,6-9,16-17,19H,4-5H2. The molecule has 23 heavy (non-hydrogen) atoms. The largest absolute Gasteiger partial charge is 0.358 e. The van der Waals surface area contributed by atoms with E-state index in [1.165, 1.54) is 6.20 Å². The van der Waals surface area contributed by atoms with Crippen LogP contribution in [0.15, 0.2) is 41.7 Å². The molecule has 1 fully saturated rings. The molecule has 120 valence electrons. The van der Waals surface area contributed by atoms with Crippen LogP contribution in [0.25, 0.3) is 10.9 Å². The fraction of sp³-hybridized carbons (Fsp3) is 0.214. The van der Waals surface area contributed by atoms with Gasteiger partial charge in [0.25, 0.3) is 10.0 Å². The third-order valence-electron chi connectivity index (χ3n) is 3.93. The Morgan fingerprint density at radius 2 is 2.17 bits per heavy atom. The van der Waals surface area contributed by atoms with Crippen LogP contribution in [0.1, 0.15) is 6.04 Å². The second-order valence-electron chi connectivity index (χ2n) is 5.44. The maximum Gasteiger partial charge on any atom is 0.265 e. The number of fused-ring (bicyclic) bond motifs is 1. The van der Waals surface area contributed by atoms with Crippen molar-refractivity contribution in [2.45, 2.75) is 10.9 Å². The van der Waals surface area contributed by atoms with Gasteiger partial charge in [-0.2, -0.15) is 5.10 Å². The molecule has 0 aliphatic carbocycles. The number of nitrogens with zero attached hydrogens (tertiary/aromatic N) is 2. The first-order chi connectivity index (χ1) is 11.0. The van der Waals surface area contributed by atoms with Gasteiger partial charge in [0.1, 0.15) is 4.90 Å². The Morgan fingerprint density at radius 3 is 2.91 bits per heavy atom. The maximum atomic E-state index is 12.6. The first-order valence-corrected chi connectivity index (χ1v) is 8.94. The smallest absolute Gasteiger partial charge is 0.265 e. The molecule has 0 spiro atoms. The van der Waals surface area contributed by atoms with Gasteiger partial charge in [-0.15, -0.1) is 0 Å². The van der Waals surface area contributed by atoms with Crippen molar-refractivity contribution >= 4 is 38.2 Å². The summed E-state index contributed by atoms with van der Waals surface area (Å²) in [5, 5.41) is 8.58. The van der Waals surface area contributed by atoms with E-state index >= 15 is 0 Å². The number of para-hydroxylation sites is 1. The van der Waals surface area contributed by atoms with Gasteiger partial charge in [0, 0.05) is 30.9 Å². The molecule has 2 aromatic heterocycles. The van der Waals surface area contributed by atoms with Gasteiger partial charge in [0.05, 0.1) is 28.5 Å². The fourth-order valence-corrected chi connectivity index (χ4v) is 3.75. The lowest BCUT2D eigenvalue weighted by molar-refractivity contribution is 0.317. The van der Waals surface area contributed by atoms with Crippen LogP contribution in [0.2, 0.25) is 5.02 Å². The molecule has 4 rings (SSSR count). The van der Waals surface area contributed by atoms with Crippen molar-refractivity contribution in [1.29, 1.82) is 0 Å². The van der Waals surface area contributed by atoms with E-state index in [1.54, 1.807) is 29.2 Å². The molecule has 3 aromatic rings. The van der Waals surface area contributed by atoms with Crippen LogP contribution >= 0.6 is 11.6 Å². The molecule has 0 bridgehead atoms. The first kappa shape index (κ1) is 14.6. The zero-order valence-corrected chi connectivity index (χ0v) is 13.5. The minimum atomic E-state index is -3.71. The highest BCUT2D eigenvalue weighted by Gasteiger charge is 2.23. The summed E-state index contributed by atoms with van der Waals surface area (Å²) in [5.74, 6) is 0. The van der Waals surface area contributed by atoms with Crippen molar-refractivity contribution in [3.63, 3.8) is 0 Å². The second kappa shape index (κ2) is 5.26. The van der Waals surface area contributed by atoms with Crippen LogP contribution in [0.3, 0.4) is 0 Å². The monoisotopic (exact) mass is 351 g/mol. The minimum absolute atomic E-state index is 0.138. The molecule has 9 heteroatoms. The third-order valence-corrected chi connectivity index (χ3v) is 5.56. The number of sulfonamides is 1. The Balaban J connectivity index is 1.67. The molecule has 0 atom stereocenters. The molecular formula is C14H14ClN5O2S. The highest BCUT2D eigenvalue weighted by Crippen LogP contribution is 2.29. The highest BCUT2D eigenvalue weighted by atomic mass is 35.5. The summed E-state index contributed by atoms with van der Waals surface area (Å²) >= 11 is 6.07. The van der Waals surface area contributed by atoms with E-state index in [0.717, 1.165) is 18.5 Å². The molecule has 1 aliphatic rings. The lowest BCUT2D eigenvalue weighted by Crippen LogP contribution is -2.43. The predicted molar refractivity (Wildman–Crippen MR) is 88.3 cm³/mol. The van der Waals surface area contributed by atoms with Gasteiger partial charge in [-0.05, 0) is 6.07 Å². The molecular weight excluding hydrogens is 338 g/mol. The van der Waals surface area contributed by atoms with E-state index in [1.807, 2.05) is 6.07 Å². The fourth-order valence-electron chi connectivity index (χ4n) is 2.53. The van der Waals surface area contributed by atoms with Gasteiger partial charge in [0.15, 0.2) is 0 Å². The van der Waals surface area contributed by atoms with Gasteiger partial charge >= 0.3 is 0 Å². The number of benzene rings is 1. The first-order valence-electron chi connectivity index (χ1n) is 7.08. The van der Waals surface area contributed by atoms with Crippen molar-refractivity contribution in [2.75, 3.05) is 17.8 Å². The SMILES string of the molecule is O=S(=O)(Nc1cccc2c(Cl)c[nH]c12)c1cnn(C2CNC2)c1. The number of aromatic nitrogens is 3. The summed E-state index contributed by atoms with van der Waals surface area (Å²) in [6.07, 6.45) is 4.55. The lowest BCUT2D eigenvalue weighted by atomic mass is 10.2. The van der Waals surface area contributed by atoms with Gasteiger partial charge in [-0.1, -0.05) is 23.7 Å². The predicted octanol–water partition coefficient (Wildman–Crippen LogP) is 1.96. The number of aromatic amines is 1. The van der Waals surface area contributed by atoms with Gasteiger partial charge in [-0.3, -0.25) is 9.40 Å². The maximum absolute atomic E-state index is 12.6. The lowest BCUT2D eigenvalue weighted by Gasteiger charge is -2.27. The van der Waals surface area contributed by atoms with Crippen molar-refractivity contribution in [2.24, 2.45) is 0 Å². The summed E-state index contributed by atoms with van der Waals surface area (Å²) in [6.45, 7) is 1.60. The van der Waals surface area contributed by atoms with E-state index in [0.29, 0.717) is 16.2 Å². The second-order valence-corrected chi connectivity index (χ2v) is 7.53. The molecule has 7 nitrogen and oxygen atoms in total. The van der Waals surface area contributed by atoms with E-state index in [4.69, 9.17) is 11.6 Å². The summed E-state index contributed by atoms with van der Waals surface area (Å²) in [6, 6.07) is 5.48. The number of rotatable bonds is 4. The number of hydrogen-bond donors (Lipinski definition) is 3. The topological polar surface area (TPSA) is 91.8 Å². The third kappa shape index (κ3) is 2.48. The number of anilines is 1. The molecule has 1 saturated heterocycles. The van der Waals surface area contributed by atoms with Gasteiger partial charge in [0.2, 0.25) is 0 Å². The average molecular weight is 352 g/mol. The van der Waals surface area contributed by atoms with Crippen molar-refractivity contribution < 1.29 is 8.42 Å².